The minimum Gasteiger partial charge on any atom is -0.462 e. The third kappa shape index (κ3) is 3.79. The van der Waals surface area contributed by atoms with Crippen molar-refractivity contribution in [3.63, 3.8) is 0 Å². The number of fused-ring (bicyclic) bond motifs is 1. The van der Waals surface area contributed by atoms with Crippen LogP contribution in [0, 0.1) is 5.92 Å². The van der Waals surface area contributed by atoms with Crippen molar-refractivity contribution < 1.29 is 14.3 Å². The second-order valence-electron chi connectivity index (χ2n) is 6.80. The highest BCUT2D eigenvalue weighted by molar-refractivity contribution is 7.18. The van der Waals surface area contributed by atoms with E-state index in [1.165, 1.54) is 0 Å². The van der Waals surface area contributed by atoms with Crippen LogP contribution in [-0.2, 0) is 9.53 Å². The van der Waals surface area contributed by atoms with Gasteiger partial charge in [-0.1, -0.05) is 41.7 Å². The van der Waals surface area contributed by atoms with Crippen LogP contribution >= 0.6 is 11.3 Å². The molecule has 148 valence electrons. The predicted molar refractivity (Wildman–Crippen MR) is 107 cm³/mol. The van der Waals surface area contributed by atoms with Gasteiger partial charge in [0.2, 0.25) is 5.91 Å². The standard InChI is InChI=1S/C19H23N5O3S/c1-2-27-18(26)16-14(11-6-4-3-5-7-11)21-19(28-16)22-17(25)15-12-10-20-9-8-13(12)23-24-15/h3-7,12-13,15,20,23-24H,2,8-10H2,1H3,(H,21,22,25). The summed E-state index contributed by atoms with van der Waals surface area (Å²) in [6.45, 7) is 3.77. The number of benzene rings is 1. The molecule has 0 saturated carbocycles. The fraction of sp³-hybridized carbons (Fsp3) is 0.421. The zero-order chi connectivity index (χ0) is 19.5. The van der Waals surface area contributed by atoms with E-state index in [0.29, 0.717) is 15.7 Å². The summed E-state index contributed by atoms with van der Waals surface area (Å²) in [5.74, 6) is -0.421. The lowest BCUT2D eigenvalue weighted by molar-refractivity contribution is -0.118. The summed E-state index contributed by atoms with van der Waals surface area (Å²) < 4.78 is 5.17. The van der Waals surface area contributed by atoms with E-state index in [-0.39, 0.29) is 30.5 Å². The van der Waals surface area contributed by atoms with Crippen molar-refractivity contribution in [1.29, 1.82) is 0 Å². The van der Waals surface area contributed by atoms with Crippen LogP contribution in [-0.4, -0.2) is 48.6 Å². The van der Waals surface area contributed by atoms with Gasteiger partial charge in [-0.3, -0.25) is 10.2 Å². The number of piperidine rings is 1. The highest BCUT2D eigenvalue weighted by Crippen LogP contribution is 2.32. The van der Waals surface area contributed by atoms with Gasteiger partial charge in [0.05, 0.1) is 12.3 Å². The molecule has 9 heteroatoms. The topological polar surface area (TPSA) is 104 Å². The number of hydrogen-bond acceptors (Lipinski definition) is 8. The van der Waals surface area contributed by atoms with E-state index in [9.17, 15) is 9.59 Å². The van der Waals surface area contributed by atoms with Gasteiger partial charge < -0.3 is 15.4 Å². The minimum atomic E-state index is -0.434. The third-order valence-electron chi connectivity index (χ3n) is 5.03. The van der Waals surface area contributed by atoms with E-state index in [0.717, 1.165) is 36.4 Å². The Bertz CT molecular complexity index is 857. The summed E-state index contributed by atoms with van der Waals surface area (Å²) >= 11 is 1.14. The molecule has 2 aliphatic rings. The molecule has 2 aromatic rings. The lowest BCUT2D eigenvalue weighted by Crippen LogP contribution is -2.47. The molecule has 4 N–H and O–H groups in total. The number of nitrogens with zero attached hydrogens (tertiary/aromatic N) is 1. The molecule has 4 rings (SSSR count). The van der Waals surface area contributed by atoms with Crippen molar-refractivity contribution >= 4 is 28.3 Å². The minimum absolute atomic E-state index is 0.160. The number of ether oxygens (including phenoxy) is 1. The van der Waals surface area contributed by atoms with Crippen LogP contribution < -0.4 is 21.5 Å². The highest BCUT2D eigenvalue weighted by Gasteiger charge is 2.41. The molecular formula is C19H23N5O3S. The van der Waals surface area contributed by atoms with Crippen LogP contribution in [0.2, 0.25) is 0 Å². The monoisotopic (exact) mass is 401 g/mol. The summed E-state index contributed by atoms with van der Waals surface area (Å²) in [5.41, 5.74) is 7.64. The maximum absolute atomic E-state index is 12.8. The number of hydrogen-bond donors (Lipinski definition) is 4. The Balaban J connectivity index is 1.56. The number of thiazole rings is 1. The molecule has 0 spiro atoms. The molecule has 1 amide bonds. The Morgan fingerprint density at radius 3 is 2.89 bits per heavy atom. The van der Waals surface area contributed by atoms with Gasteiger partial charge in [0.25, 0.3) is 0 Å². The van der Waals surface area contributed by atoms with Crippen molar-refractivity contribution in [2.75, 3.05) is 25.0 Å². The number of carbonyl (C=O) groups is 2. The summed E-state index contributed by atoms with van der Waals surface area (Å²) in [6.07, 6.45) is 0.976. The first kappa shape index (κ1) is 19.0. The largest absolute Gasteiger partial charge is 0.462 e. The van der Waals surface area contributed by atoms with Gasteiger partial charge in [0, 0.05) is 24.1 Å². The van der Waals surface area contributed by atoms with E-state index in [2.05, 4.69) is 26.5 Å². The smallest absolute Gasteiger partial charge is 0.350 e. The van der Waals surface area contributed by atoms with Gasteiger partial charge in [-0.05, 0) is 19.9 Å². The second kappa shape index (κ2) is 8.36. The molecule has 28 heavy (non-hydrogen) atoms. The second-order valence-corrected chi connectivity index (χ2v) is 7.80. The first-order valence-electron chi connectivity index (χ1n) is 9.43. The summed E-state index contributed by atoms with van der Waals surface area (Å²) in [7, 11) is 0. The zero-order valence-corrected chi connectivity index (χ0v) is 16.3. The fourth-order valence-corrected chi connectivity index (χ4v) is 4.54. The summed E-state index contributed by atoms with van der Waals surface area (Å²) in [4.78, 5) is 30.1. The van der Waals surface area contributed by atoms with Gasteiger partial charge >= 0.3 is 5.97 Å². The van der Waals surface area contributed by atoms with Crippen molar-refractivity contribution in [3.05, 3.63) is 35.2 Å². The van der Waals surface area contributed by atoms with Gasteiger partial charge in [0.15, 0.2) is 5.13 Å². The number of carbonyl (C=O) groups excluding carboxylic acids is 2. The average Bonchev–Trinajstić information content (AvgIpc) is 3.33. The van der Waals surface area contributed by atoms with Crippen LogP contribution in [0.4, 0.5) is 5.13 Å². The maximum Gasteiger partial charge on any atom is 0.350 e. The van der Waals surface area contributed by atoms with E-state index in [4.69, 9.17) is 4.74 Å². The highest BCUT2D eigenvalue weighted by atomic mass is 32.1. The van der Waals surface area contributed by atoms with E-state index in [1.807, 2.05) is 30.3 Å². The molecule has 0 bridgehead atoms. The number of anilines is 1. The Morgan fingerprint density at radius 1 is 1.29 bits per heavy atom. The molecule has 1 aromatic carbocycles. The summed E-state index contributed by atoms with van der Waals surface area (Å²) in [5, 5.41) is 6.60. The number of nitrogens with one attached hydrogen (secondary N) is 4. The van der Waals surface area contributed by atoms with Crippen LogP contribution in [0.3, 0.4) is 0 Å². The number of amides is 1. The number of rotatable bonds is 5. The van der Waals surface area contributed by atoms with Crippen molar-refractivity contribution in [2.45, 2.75) is 25.4 Å². The van der Waals surface area contributed by atoms with Crippen LogP contribution in [0.25, 0.3) is 11.3 Å². The molecule has 0 radical (unpaired) electrons. The molecular weight excluding hydrogens is 378 g/mol. The van der Waals surface area contributed by atoms with Crippen molar-refractivity contribution in [3.8, 4) is 11.3 Å². The SMILES string of the molecule is CCOC(=O)c1sc(NC(=O)C2NNC3CCNCC32)nc1-c1ccccc1. The predicted octanol–water partition coefficient (Wildman–Crippen LogP) is 1.38. The number of aromatic nitrogens is 1. The quantitative estimate of drug-likeness (QED) is 0.561. The first-order chi connectivity index (χ1) is 13.7. The van der Waals surface area contributed by atoms with E-state index >= 15 is 0 Å². The molecule has 1 aromatic heterocycles. The molecule has 8 nitrogen and oxygen atoms in total. The third-order valence-corrected chi connectivity index (χ3v) is 5.98. The normalized spacial score (nSPS) is 23.8. The van der Waals surface area contributed by atoms with Gasteiger partial charge in [0.1, 0.15) is 10.9 Å². The molecule has 3 atom stereocenters. The van der Waals surface area contributed by atoms with E-state index in [1.54, 1.807) is 6.92 Å². The maximum atomic E-state index is 12.8. The Hall–Kier alpha value is -2.33. The molecule has 3 heterocycles. The Morgan fingerprint density at radius 2 is 2.11 bits per heavy atom. The average molecular weight is 401 g/mol. The lowest BCUT2D eigenvalue weighted by atomic mass is 9.89. The molecule has 0 aliphatic carbocycles. The van der Waals surface area contributed by atoms with Gasteiger partial charge in [-0.15, -0.1) is 0 Å². The molecule has 3 unspecified atom stereocenters. The molecule has 2 aliphatic heterocycles. The lowest BCUT2D eigenvalue weighted by Gasteiger charge is -2.27. The Labute approximate surface area is 167 Å². The molecule has 2 fully saturated rings. The van der Waals surface area contributed by atoms with Crippen LogP contribution in [0.15, 0.2) is 30.3 Å². The Kier molecular flexibility index (Phi) is 5.67. The zero-order valence-electron chi connectivity index (χ0n) is 15.5. The van der Waals surface area contributed by atoms with Crippen LogP contribution in [0.1, 0.15) is 23.0 Å². The number of hydrazine groups is 1. The van der Waals surface area contributed by atoms with Gasteiger partial charge in [-0.25, -0.2) is 15.2 Å². The fourth-order valence-electron chi connectivity index (χ4n) is 3.66. The van der Waals surface area contributed by atoms with Crippen LogP contribution in [0.5, 0.6) is 0 Å². The van der Waals surface area contributed by atoms with E-state index < -0.39 is 5.97 Å². The summed E-state index contributed by atoms with van der Waals surface area (Å²) in [6, 6.07) is 9.35. The first-order valence-corrected chi connectivity index (χ1v) is 10.2. The molecule has 2 saturated heterocycles. The number of esters is 1. The van der Waals surface area contributed by atoms with Gasteiger partial charge in [-0.2, -0.15) is 0 Å². The van der Waals surface area contributed by atoms with Crippen molar-refractivity contribution in [2.24, 2.45) is 5.92 Å². The van der Waals surface area contributed by atoms with Crippen molar-refractivity contribution in [1.82, 2.24) is 21.2 Å².